The Kier molecular flexibility index (Phi) is 6.11. The summed E-state index contributed by atoms with van der Waals surface area (Å²) in [6.07, 6.45) is 2.64. The van der Waals surface area contributed by atoms with E-state index in [4.69, 9.17) is 21.1 Å². The Morgan fingerprint density at radius 3 is 2.63 bits per heavy atom. The average Bonchev–Trinajstić information content (AvgIpc) is 3.23. The number of benzene rings is 1. The van der Waals surface area contributed by atoms with Gasteiger partial charge in [0.05, 0.1) is 19.3 Å². The van der Waals surface area contributed by atoms with Crippen molar-refractivity contribution in [3.8, 4) is 0 Å². The maximum atomic E-state index is 5.92. The molecule has 19 heavy (non-hydrogen) atoms. The van der Waals surface area contributed by atoms with E-state index in [1.54, 1.807) is 0 Å². The highest BCUT2D eigenvalue weighted by Crippen LogP contribution is 2.23. The molecule has 1 aliphatic rings. The number of hydrogen-bond donors (Lipinski definition) is 1. The third-order valence-corrected chi connectivity index (χ3v) is 3.41. The fourth-order valence-electron chi connectivity index (χ4n) is 1.91. The summed E-state index contributed by atoms with van der Waals surface area (Å²) in [5, 5.41) is 4.27. The molecule has 0 radical (unpaired) electrons. The average molecular weight is 284 g/mol. The molecule has 2 rings (SSSR count). The number of nitrogens with one attached hydrogen (secondary N) is 1. The molecule has 1 saturated carbocycles. The number of hydrogen-bond acceptors (Lipinski definition) is 3. The fraction of sp³-hybridized carbons (Fsp3) is 0.600. The lowest BCUT2D eigenvalue weighted by molar-refractivity contribution is 0.00672. The van der Waals surface area contributed by atoms with Crippen molar-refractivity contribution in [3.05, 3.63) is 34.9 Å². The quantitative estimate of drug-likeness (QED) is 0.706. The van der Waals surface area contributed by atoms with Gasteiger partial charge in [0.1, 0.15) is 0 Å². The van der Waals surface area contributed by atoms with Gasteiger partial charge in [-0.1, -0.05) is 23.7 Å². The van der Waals surface area contributed by atoms with Gasteiger partial charge in [0, 0.05) is 24.2 Å². The summed E-state index contributed by atoms with van der Waals surface area (Å²) >= 11 is 5.92. The Labute approximate surface area is 120 Å². The highest BCUT2D eigenvalue weighted by molar-refractivity contribution is 6.30. The van der Waals surface area contributed by atoms with Gasteiger partial charge >= 0.3 is 0 Å². The minimum absolute atomic E-state index is 0.0679. The minimum Gasteiger partial charge on any atom is -0.379 e. The first-order valence-corrected chi connectivity index (χ1v) is 7.35. The SMILES string of the molecule is CCOCCOC(CNC1CC1)c1ccc(Cl)cc1. The van der Waals surface area contributed by atoms with Crippen molar-refractivity contribution >= 4 is 11.6 Å². The summed E-state index contributed by atoms with van der Waals surface area (Å²) in [5.74, 6) is 0. The third-order valence-electron chi connectivity index (χ3n) is 3.16. The van der Waals surface area contributed by atoms with Gasteiger partial charge in [-0.15, -0.1) is 0 Å². The first kappa shape index (κ1) is 14.8. The maximum absolute atomic E-state index is 5.92. The molecule has 1 fully saturated rings. The van der Waals surface area contributed by atoms with E-state index in [1.807, 2.05) is 31.2 Å². The molecular weight excluding hydrogens is 262 g/mol. The van der Waals surface area contributed by atoms with E-state index in [0.717, 1.165) is 23.7 Å². The first-order chi connectivity index (χ1) is 9.29. The first-order valence-electron chi connectivity index (χ1n) is 6.97. The second-order valence-corrected chi connectivity index (χ2v) is 5.23. The van der Waals surface area contributed by atoms with E-state index in [1.165, 1.54) is 12.8 Å². The van der Waals surface area contributed by atoms with Gasteiger partial charge in [-0.3, -0.25) is 0 Å². The van der Waals surface area contributed by atoms with Gasteiger partial charge < -0.3 is 14.8 Å². The summed E-state index contributed by atoms with van der Waals surface area (Å²) in [6.45, 7) is 4.83. The van der Waals surface area contributed by atoms with Gasteiger partial charge in [0.2, 0.25) is 0 Å². The lowest BCUT2D eigenvalue weighted by Gasteiger charge is -2.19. The number of halogens is 1. The minimum atomic E-state index is 0.0679. The fourth-order valence-corrected chi connectivity index (χ4v) is 2.03. The highest BCUT2D eigenvalue weighted by atomic mass is 35.5. The van der Waals surface area contributed by atoms with Crippen molar-refractivity contribution in [3.63, 3.8) is 0 Å². The molecule has 3 nitrogen and oxygen atoms in total. The largest absolute Gasteiger partial charge is 0.379 e. The van der Waals surface area contributed by atoms with Crippen LogP contribution in [0.5, 0.6) is 0 Å². The van der Waals surface area contributed by atoms with Crippen LogP contribution in [0, 0.1) is 0 Å². The highest BCUT2D eigenvalue weighted by Gasteiger charge is 2.22. The van der Waals surface area contributed by atoms with Crippen LogP contribution in [0.2, 0.25) is 5.02 Å². The van der Waals surface area contributed by atoms with Gasteiger partial charge in [-0.05, 0) is 37.5 Å². The van der Waals surface area contributed by atoms with Crippen LogP contribution in [-0.2, 0) is 9.47 Å². The molecule has 1 N–H and O–H groups in total. The predicted molar refractivity (Wildman–Crippen MR) is 77.7 cm³/mol. The molecule has 1 aromatic carbocycles. The number of rotatable bonds is 9. The van der Waals surface area contributed by atoms with E-state index in [0.29, 0.717) is 19.3 Å². The standard InChI is InChI=1S/C15H22ClNO2/c1-2-18-9-10-19-15(11-17-14-7-8-14)12-3-5-13(16)6-4-12/h3-6,14-15,17H,2,7-11H2,1H3. The molecule has 0 saturated heterocycles. The van der Waals surface area contributed by atoms with Crippen LogP contribution in [0.1, 0.15) is 31.4 Å². The van der Waals surface area contributed by atoms with Crippen molar-refractivity contribution in [2.24, 2.45) is 0 Å². The van der Waals surface area contributed by atoms with Crippen molar-refractivity contribution in [1.29, 1.82) is 0 Å². The van der Waals surface area contributed by atoms with Crippen LogP contribution in [0.4, 0.5) is 0 Å². The smallest absolute Gasteiger partial charge is 0.0950 e. The maximum Gasteiger partial charge on any atom is 0.0950 e. The van der Waals surface area contributed by atoms with Crippen molar-refractivity contribution in [2.75, 3.05) is 26.4 Å². The zero-order chi connectivity index (χ0) is 13.5. The van der Waals surface area contributed by atoms with Crippen LogP contribution in [0.25, 0.3) is 0 Å². The molecule has 0 spiro atoms. The monoisotopic (exact) mass is 283 g/mol. The van der Waals surface area contributed by atoms with Crippen molar-refractivity contribution < 1.29 is 9.47 Å². The summed E-state index contributed by atoms with van der Waals surface area (Å²) in [6, 6.07) is 8.56. The molecule has 0 heterocycles. The Morgan fingerprint density at radius 1 is 1.26 bits per heavy atom. The molecule has 106 valence electrons. The van der Waals surface area contributed by atoms with Crippen LogP contribution < -0.4 is 5.32 Å². The van der Waals surface area contributed by atoms with Crippen LogP contribution in [-0.4, -0.2) is 32.4 Å². The van der Waals surface area contributed by atoms with Gasteiger partial charge in [0.15, 0.2) is 0 Å². The van der Waals surface area contributed by atoms with E-state index in [9.17, 15) is 0 Å². The van der Waals surface area contributed by atoms with Crippen molar-refractivity contribution in [2.45, 2.75) is 31.9 Å². The molecule has 1 aliphatic carbocycles. The lowest BCUT2D eigenvalue weighted by atomic mass is 10.1. The number of ether oxygens (including phenoxy) is 2. The second kappa shape index (κ2) is 7.85. The Morgan fingerprint density at radius 2 is 2.00 bits per heavy atom. The van der Waals surface area contributed by atoms with E-state index < -0.39 is 0 Å². The summed E-state index contributed by atoms with van der Waals surface area (Å²) in [7, 11) is 0. The molecule has 0 amide bonds. The topological polar surface area (TPSA) is 30.5 Å². The predicted octanol–water partition coefficient (Wildman–Crippen LogP) is 3.19. The molecule has 1 unspecified atom stereocenters. The Bertz CT molecular complexity index is 365. The van der Waals surface area contributed by atoms with E-state index in [-0.39, 0.29) is 6.10 Å². The van der Waals surface area contributed by atoms with Crippen LogP contribution >= 0.6 is 11.6 Å². The summed E-state index contributed by atoms with van der Waals surface area (Å²) in [5.41, 5.74) is 1.16. The molecule has 1 aromatic rings. The second-order valence-electron chi connectivity index (χ2n) is 4.79. The van der Waals surface area contributed by atoms with Crippen LogP contribution in [0.3, 0.4) is 0 Å². The molecule has 4 heteroatoms. The molecule has 0 aliphatic heterocycles. The molecule has 1 atom stereocenters. The zero-order valence-corrected chi connectivity index (χ0v) is 12.2. The van der Waals surface area contributed by atoms with Gasteiger partial charge in [-0.2, -0.15) is 0 Å². The molecular formula is C15H22ClNO2. The normalized spacial score (nSPS) is 16.5. The van der Waals surface area contributed by atoms with Crippen LogP contribution in [0.15, 0.2) is 24.3 Å². The third kappa shape index (κ3) is 5.49. The molecule has 0 aromatic heterocycles. The van der Waals surface area contributed by atoms with Gasteiger partial charge in [-0.25, -0.2) is 0 Å². The Balaban J connectivity index is 1.85. The lowest BCUT2D eigenvalue weighted by Crippen LogP contribution is -2.26. The molecule has 0 bridgehead atoms. The van der Waals surface area contributed by atoms with E-state index >= 15 is 0 Å². The summed E-state index contributed by atoms with van der Waals surface area (Å²) < 4.78 is 11.2. The zero-order valence-electron chi connectivity index (χ0n) is 11.4. The van der Waals surface area contributed by atoms with Gasteiger partial charge in [0.25, 0.3) is 0 Å². The summed E-state index contributed by atoms with van der Waals surface area (Å²) in [4.78, 5) is 0. The Hall–Kier alpha value is -0.610. The van der Waals surface area contributed by atoms with E-state index in [2.05, 4.69) is 5.32 Å². The van der Waals surface area contributed by atoms with Crippen molar-refractivity contribution in [1.82, 2.24) is 5.32 Å².